The average Bonchev–Trinajstić information content (AvgIpc) is 2.23. The molecule has 0 saturated carbocycles. The summed E-state index contributed by atoms with van der Waals surface area (Å²) in [6.07, 6.45) is 1.82. The number of rotatable bonds is 4. The van der Waals surface area contributed by atoms with Crippen LogP contribution in [0.15, 0.2) is 22.7 Å². The van der Waals surface area contributed by atoms with E-state index in [9.17, 15) is 4.79 Å². The fourth-order valence-corrected chi connectivity index (χ4v) is 2.50. The van der Waals surface area contributed by atoms with Gasteiger partial charge in [0.05, 0.1) is 0 Å². The first-order valence-corrected chi connectivity index (χ1v) is 6.96. The van der Waals surface area contributed by atoms with Crippen LogP contribution in [0.1, 0.15) is 37.0 Å². The van der Waals surface area contributed by atoms with Crippen molar-refractivity contribution in [2.45, 2.75) is 26.7 Å². The monoisotopic (exact) mass is 380 g/mol. The second kappa shape index (κ2) is 5.99. The summed E-state index contributed by atoms with van der Waals surface area (Å²) in [5.74, 6) is 0.407. The quantitative estimate of drug-likeness (QED) is 0.547. The van der Waals surface area contributed by atoms with Crippen molar-refractivity contribution >= 4 is 44.3 Å². The Morgan fingerprint density at radius 3 is 2.53 bits per heavy atom. The highest BCUT2D eigenvalue weighted by Crippen LogP contribution is 2.24. The summed E-state index contributed by atoms with van der Waals surface area (Å²) in [5, 5.41) is 0. The van der Waals surface area contributed by atoms with Crippen LogP contribution < -0.4 is 0 Å². The average molecular weight is 381 g/mol. The maximum absolute atomic E-state index is 12.1. The van der Waals surface area contributed by atoms with E-state index in [4.69, 9.17) is 0 Å². The molecule has 1 rings (SSSR count). The van der Waals surface area contributed by atoms with Gasteiger partial charge in [0.2, 0.25) is 0 Å². The first-order chi connectivity index (χ1) is 7.10. The summed E-state index contributed by atoms with van der Waals surface area (Å²) in [5.41, 5.74) is 0.815. The van der Waals surface area contributed by atoms with E-state index in [0.29, 0.717) is 0 Å². The SMILES string of the molecule is CCC(CC)C(=O)c1cc(I)ccc1Br. The third kappa shape index (κ3) is 3.28. The van der Waals surface area contributed by atoms with Crippen molar-refractivity contribution in [1.82, 2.24) is 0 Å². The standard InChI is InChI=1S/C12H14BrIO/c1-3-8(4-2)12(15)10-7-9(14)5-6-11(10)13/h5-8H,3-4H2,1-2H3. The molecule has 3 heteroatoms. The van der Waals surface area contributed by atoms with E-state index in [1.165, 1.54) is 0 Å². The first kappa shape index (κ1) is 13.2. The zero-order chi connectivity index (χ0) is 11.4. The highest BCUT2D eigenvalue weighted by molar-refractivity contribution is 14.1. The minimum atomic E-state index is 0.152. The lowest BCUT2D eigenvalue weighted by Crippen LogP contribution is -2.13. The van der Waals surface area contributed by atoms with Gasteiger partial charge in [0.15, 0.2) is 5.78 Å². The van der Waals surface area contributed by atoms with E-state index in [-0.39, 0.29) is 11.7 Å². The van der Waals surface area contributed by atoms with Crippen LogP contribution in [-0.4, -0.2) is 5.78 Å². The van der Waals surface area contributed by atoms with E-state index in [1.807, 2.05) is 18.2 Å². The highest BCUT2D eigenvalue weighted by atomic mass is 127. The van der Waals surface area contributed by atoms with Crippen LogP contribution >= 0.6 is 38.5 Å². The lowest BCUT2D eigenvalue weighted by Gasteiger charge is -2.12. The number of Topliss-reactive ketones (excluding diaryl/α,β-unsaturated/α-hetero) is 1. The fraction of sp³-hybridized carbons (Fsp3) is 0.417. The molecule has 82 valence electrons. The second-order valence-corrected chi connectivity index (χ2v) is 5.60. The molecule has 0 aliphatic heterocycles. The van der Waals surface area contributed by atoms with Gasteiger partial charge >= 0.3 is 0 Å². The Balaban J connectivity index is 3.04. The molecular weight excluding hydrogens is 367 g/mol. The number of hydrogen-bond acceptors (Lipinski definition) is 1. The van der Waals surface area contributed by atoms with Crippen LogP contribution in [0, 0.1) is 9.49 Å². The normalized spacial score (nSPS) is 10.7. The minimum absolute atomic E-state index is 0.152. The molecule has 0 radical (unpaired) electrons. The lowest BCUT2D eigenvalue weighted by atomic mass is 9.93. The van der Waals surface area contributed by atoms with Crippen molar-refractivity contribution < 1.29 is 4.79 Å². The Morgan fingerprint density at radius 2 is 2.00 bits per heavy atom. The number of benzene rings is 1. The van der Waals surface area contributed by atoms with Crippen molar-refractivity contribution in [1.29, 1.82) is 0 Å². The van der Waals surface area contributed by atoms with Crippen LogP contribution in [0.3, 0.4) is 0 Å². The molecule has 1 nitrogen and oxygen atoms in total. The predicted molar refractivity (Wildman–Crippen MR) is 75.3 cm³/mol. The number of halogens is 2. The second-order valence-electron chi connectivity index (χ2n) is 3.50. The first-order valence-electron chi connectivity index (χ1n) is 5.09. The number of carbonyl (C=O) groups excluding carboxylic acids is 1. The van der Waals surface area contributed by atoms with Crippen LogP contribution in [0.5, 0.6) is 0 Å². The van der Waals surface area contributed by atoms with Crippen LogP contribution in [0.4, 0.5) is 0 Å². The molecular formula is C12H14BrIO. The summed E-state index contributed by atoms with van der Waals surface area (Å²) in [6.45, 7) is 4.13. The molecule has 0 amide bonds. The molecule has 0 saturated heterocycles. The van der Waals surface area contributed by atoms with Gasteiger partial charge in [-0.25, -0.2) is 0 Å². The van der Waals surface area contributed by atoms with E-state index >= 15 is 0 Å². The van der Waals surface area contributed by atoms with Crippen LogP contribution in [0.2, 0.25) is 0 Å². The lowest BCUT2D eigenvalue weighted by molar-refractivity contribution is 0.0912. The third-order valence-electron chi connectivity index (χ3n) is 2.55. The molecule has 0 bridgehead atoms. The number of ketones is 1. The van der Waals surface area contributed by atoms with Crippen LogP contribution in [0.25, 0.3) is 0 Å². The van der Waals surface area contributed by atoms with Gasteiger partial charge in [-0.15, -0.1) is 0 Å². The molecule has 1 aromatic carbocycles. The summed E-state index contributed by atoms with van der Waals surface area (Å²) in [7, 11) is 0. The topological polar surface area (TPSA) is 17.1 Å². The van der Waals surface area contributed by atoms with Gasteiger partial charge in [-0.1, -0.05) is 29.8 Å². The van der Waals surface area contributed by atoms with Gasteiger partial charge in [-0.2, -0.15) is 0 Å². The van der Waals surface area contributed by atoms with Gasteiger partial charge in [0, 0.05) is 19.5 Å². The summed E-state index contributed by atoms with van der Waals surface area (Å²) in [6, 6.07) is 5.89. The summed E-state index contributed by atoms with van der Waals surface area (Å²) in [4.78, 5) is 12.1. The Kier molecular flexibility index (Phi) is 5.26. The fourth-order valence-electron chi connectivity index (χ4n) is 1.57. The zero-order valence-electron chi connectivity index (χ0n) is 8.89. The van der Waals surface area contributed by atoms with Crippen molar-refractivity contribution in [3.05, 3.63) is 31.8 Å². The molecule has 0 atom stereocenters. The van der Waals surface area contributed by atoms with Crippen molar-refractivity contribution in [2.24, 2.45) is 5.92 Å². The van der Waals surface area contributed by atoms with Crippen molar-refractivity contribution in [3.63, 3.8) is 0 Å². The third-order valence-corrected chi connectivity index (χ3v) is 3.91. The van der Waals surface area contributed by atoms with Gasteiger partial charge in [-0.05, 0) is 53.6 Å². The smallest absolute Gasteiger partial charge is 0.167 e. The Morgan fingerprint density at radius 1 is 1.40 bits per heavy atom. The van der Waals surface area contributed by atoms with Gasteiger partial charge in [-0.3, -0.25) is 4.79 Å². The van der Waals surface area contributed by atoms with E-state index in [2.05, 4.69) is 52.4 Å². The summed E-state index contributed by atoms with van der Waals surface area (Å²) >= 11 is 5.66. The van der Waals surface area contributed by atoms with E-state index < -0.39 is 0 Å². The number of hydrogen-bond donors (Lipinski definition) is 0. The molecule has 0 fully saturated rings. The Bertz CT molecular complexity index is 359. The molecule has 0 aromatic heterocycles. The molecule has 0 aliphatic rings. The number of carbonyl (C=O) groups is 1. The zero-order valence-corrected chi connectivity index (χ0v) is 12.6. The maximum atomic E-state index is 12.1. The molecule has 0 aliphatic carbocycles. The molecule has 1 aromatic rings. The minimum Gasteiger partial charge on any atom is -0.294 e. The molecule has 0 N–H and O–H groups in total. The highest BCUT2D eigenvalue weighted by Gasteiger charge is 2.18. The molecule has 0 heterocycles. The predicted octanol–water partition coefficient (Wildman–Crippen LogP) is 4.67. The maximum Gasteiger partial charge on any atom is 0.167 e. The van der Waals surface area contributed by atoms with Crippen molar-refractivity contribution in [2.75, 3.05) is 0 Å². The Labute approximate surface area is 113 Å². The molecule has 0 spiro atoms. The Hall–Kier alpha value is 0.1000. The molecule has 15 heavy (non-hydrogen) atoms. The van der Waals surface area contributed by atoms with Gasteiger partial charge in [0.25, 0.3) is 0 Å². The largest absolute Gasteiger partial charge is 0.294 e. The van der Waals surface area contributed by atoms with Gasteiger partial charge < -0.3 is 0 Å². The van der Waals surface area contributed by atoms with Crippen LogP contribution in [-0.2, 0) is 0 Å². The van der Waals surface area contributed by atoms with Gasteiger partial charge in [0.1, 0.15) is 0 Å². The van der Waals surface area contributed by atoms with E-state index in [0.717, 1.165) is 26.4 Å². The summed E-state index contributed by atoms with van der Waals surface area (Å²) < 4.78 is 2.00. The molecule has 0 unspecified atom stereocenters. The van der Waals surface area contributed by atoms with Crippen molar-refractivity contribution in [3.8, 4) is 0 Å². The van der Waals surface area contributed by atoms with E-state index in [1.54, 1.807) is 0 Å².